The SMILES string of the molecule is COc1ccc(/C=C2/N=C(c3ccc(N4CCCC4=O)cc3)OC2=O)c(OC)c1OC. The van der Waals surface area contributed by atoms with Crippen molar-refractivity contribution < 1.29 is 28.5 Å². The highest BCUT2D eigenvalue weighted by Crippen LogP contribution is 2.41. The van der Waals surface area contributed by atoms with E-state index in [1.165, 1.54) is 21.3 Å². The molecule has 8 heteroatoms. The number of methoxy groups -OCH3 is 3. The third-order valence-corrected chi connectivity index (χ3v) is 5.15. The number of rotatable bonds is 6. The largest absolute Gasteiger partial charge is 0.493 e. The summed E-state index contributed by atoms with van der Waals surface area (Å²) in [6.07, 6.45) is 3.01. The van der Waals surface area contributed by atoms with Crippen molar-refractivity contribution in [3.05, 3.63) is 53.2 Å². The smallest absolute Gasteiger partial charge is 0.363 e. The maximum atomic E-state index is 12.4. The van der Waals surface area contributed by atoms with Crippen molar-refractivity contribution in [2.45, 2.75) is 12.8 Å². The van der Waals surface area contributed by atoms with E-state index in [1.54, 1.807) is 35.2 Å². The van der Waals surface area contributed by atoms with Crippen LogP contribution in [0.2, 0.25) is 0 Å². The van der Waals surface area contributed by atoms with Gasteiger partial charge < -0.3 is 23.8 Å². The number of benzene rings is 2. The summed E-state index contributed by atoms with van der Waals surface area (Å²) in [5.74, 6) is 1.11. The fraction of sp³-hybridized carbons (Fsp3) is 0.261. The first-order valence-electron chi connectivity index (χ1n) is 9.78. The molecule has 160 valence electrons. The van der Waals surface area contributed by atoms with Crippen LogP contribution in [-0.4, -0.2) is 45.6 Å². The Morgan fingerprint density at radius 1 is 0.968 bits per heavy atom. The fourth-order valence-electron chi connectivity index (χ4n) is 3.62. The number of aliphatic imine (C=N–C) groups is 1. The third-order valence-electron chi connectivity index (χ3n) is 5.15. The molecule has 2 aliphatic rings. The molecule has 2 aromatic carbocycles. The lowest BCUT2D eigenvalue weighted by Crippen LogP contribution is -2.23. The molecule has 1 saturated heterocycles. The van der Waals surface area contributed by atoms with Gasteiger partial charge in [-0.2, -0.15) is 0 Å². The van der Waals surface area contributed by atoms with Gasteiger partial charge >= 0.3 is 5.97 Å². The van der Waals surface area contributed by atoms with Crippen molar-refractivity contribution in [1.29, 1.82) is 0 Å². The molecule has 2 heterocycles. The van der Waals surface area contributed by atoms with E-state index >= 15 is 0 Å². The Hall–Kier alpha value is -3.81. The molecule has 0 spiro atoms. The number of anilines is 1. The Bertz CT molecular complexity index is 1090. The molecule has 0 radical (unpaired) electrons. The average molecular weight is 422 g/mol. The summed E-state index contributed by atoms with van der Waals surface area (Å²) in [6, 6.07) is 10.7. The Balaban J connectivity index is 1.63. The molecule has 8 nitrogen and oxygen atoms in total. The number of carbonyl (C=O) groups is 2. The maximum Gasteiger partial charge on any atom is 0.363 e. The molecule has 0 bridgehead atoms. The van der Waals surface area contributed by atoms with Crippen molar-refractivity contribution in [1.82, 2.24) is 0 Å². The lowest BCUT2D eigenvalue weighted by atomic mass is 10.1. The van der Waals surface area contributed by atoms with Gasteiger partial charge in [0.15, 0.2) is 17.2 Å². The number of carbonyl (C=O) groups excluding carboxylic acids is 2. The van der Waals surface area contributed by atoms with Gasteiger partial charge in [-0.05, 0) is 48.9 Å². The summed E-state index contributed by atoms with van der Waals surface area (Å²) in [6.45, 7) is 0.716. The molecule has 0 aromatic heterocycles. The molecule has 0 atom stereocenters. The van der Waals surface area contributed by atoms with Crippen molar-refractivity contribution in [2.75, 3.05) is 32.8 Å². The van der Waals surface area contributed by atoms with Crippen LogP contribution in [0.25, 0.3) is 6.08 Å². The minimum Gasteiger partial charge on any atom is -0.493 e. The highest BCUT2D eigenvalue weighted by molar-refractivity contribution is 6.13. The van der Waals surface area contributed by atoms with E-state index in [0.717, 1.165) is 12.1 Å². The van der Waals surface area contributed by atoms with Crippen LogP contribution in [0, 0.1) is 0 Å². The molecule has 31 heavy (non-hydrogen) atoms. The standard InChI is InChI=1S/C23H22N2O6/c1-28-18-11-8-15(20(29-2)21(18)30-3)13-17-23(27)31-22(24-17)14-6-9-16(10-7-14)25-12-4-5-19(25)26/h6-11,13H,4-5,12H2,1-3H3/b17-13+. The molecule has 1 fully saturated rings. The van der Waals surface area contributed by atoms with Gasteiger partial charge in [0.05, 0.1) is 21.3 Å². The van der Waals surface area contributed by atoms with Crippen LogP contribution in [-0.2, 0) is 14.3 Å². The average Bonchev–Trinajstić information content (AvgIpc) is 3.38. The maximum absolute atomic E-state index is 12.4. The second kappa shape index (κ2) is 8.51. The van der Waals surface area contributed by atoms with Crippen molar-refractivity contribution >= 4 is 29.5 Å². The number of esters is 1. The number of cyclic esters (lactones) is 1. The third kappa shape index (κ3) is 3.84. The first kappa shape index (κ1) is 20.5. The van der Waals surface area contributed by atoms with Crippen molar-refractivity contribution in [3.63, 3.8) is 0 Å². The van der Waals surface area contributed by atoms with Crippen LogP contribution in [0.15, 0.2) is 47.1 Å². The van der Waals surface area contributed by atoms with Crippen LogP contribution in [0.4, 0.5) is 5.69 Å². The number of amides is 1. The number of nitrogens with zero attached hydrogens (tertiary/aromatic N) is 2. The summed E-state index contributed by atoms with van der Waals surface area (Å²) in [4.78, 5) is 30.4. The summed E-state index contributed by atoms with van der Waals surface area (Å²) >= 11 is 0. The normalized spacial score (nSPS) is 17.1. The topological polar surface area (TPSA) is 86.7 Å². The summed E-state index contributed by atoms with van der Waals surface area (Å²) in [5.41, 5.74) is 2.20. The van der Waals surface area contributed by atoms with Crippen LogP contribution >= 0.6 is 0 Å². The molecule has 2 aromatic rings. The lowest BCUT2D eigenvalue weighted by molar-refractivity contribution is -0.130. The molecule has 4 rings (SSSR count). The molecule has 0 saturated carbocycles. The van der Waals surface area contributed by atoms with Gasteiger partial charge in [0, 0.05) is 29.8 Å². The van der Waals surface area contributed by atoms with E-state index in [1.807, 2.05) is 12.1 Å². The van der Waals surface area contributed by atoms with Crippen LogP contribution in [0.1, 0.15) is 24.0 Å². The van der Waals surface area contributed by atoms with Crippen molar-refractivity contribution in [2.24, 2.45) is 4.99 Å². The summed E-state index contributed by atoms with van der Waals surface area (Å²) < 4.78 is 21.5. The van der Waals surface area contributed by atoms with Gasteiger partial charge in [-0.3, -0.25) is 4.79 Å². The minimum absolute atomic E-state index is 0.117. The van der Waals surface area contributed by atoms with Gasteiger partial charge in [-0.15, -0.1) is 0 Å². The minimum atomic E-state index is -0.564. The quantitative estimate of drug-likeness (QED) is 0.525. The number of hydrogen-bond acceptors (Lipinski definition) is 7. The predicted octanol–water partition coefficient (Wildman–Crippen LogP) is 3.18. The van der Waals surface area contributed by atoms with Crippen LogP contribution in [0.5, 0.6) is 17.2 Å². The van der Waals surface area contributed by atoms with E-state index in [4.69, 9.17) is 18.9 Å². The molecule has 1 amide bonds. The Morgan fingerprint density at radius 3 is 2.32 bits per heavy atom. The van der Waals surface area contributed by atoms with E-state index in [-0.39, 0.29) is 17.5 Å². The Kier molecular flexibility index (Phi) is 5.62. The van der Waals surface area contributed by atoms with Gasteiger partial charge in [0.2, 0.25) is 17.6 Å². The first-order valence-corrected chi connectivity index (χ1v) is 9.78. The highest BCUT2D eigenvalue weighted by atomic mass is 16.6. The Labute approximate surface area is 179 Å². The first-order chi connectivity index (χ1) is 15.0. The zero-order valence-corrected chi connectivity index (χ0v) is 17.5. The second-order valence-corrected chi connectivity index (χ2v) is 6.96. The fourth-order valence-corrected chi connectivity index (χ4v) is 3.62. The zero-order valence-electron chi connectivity index (χ0n) is 17.5. The monoisotopic (exact) mass is 422 g/mol. The molecule has 0 unspecified atom stereocenters. The van der Waals surface area contributed by atoms with E-state index in [9.17, 15) is 9.59 Å². The zero-order chi connectivity index (χ0) is 22.0. The number of ether oxygens (including phenoxy) is 4. The Morgan fingerprint density at radius 2 is 1.71 bits per heavy atom. The summed E-state index contributed by atoms with van der Waals surface area (Å²) in [5, 5.41) is 0. The van der Waals surface area contributed by atoms with E-state index in [0.29, 0.717) is 41.3 Å². The molecule has 0 N–H and O–H groups in total. The van der Waals surface area contributed by atoms with E-state index in [2.05, 4.69) is 4.99 Å². The predicted molar refractivity (Wildman–Crippen MR) is 115 cm³/mol. The van der Waals surface area contributed by atoms with Gasteiger partial charge in [0.25, 0.3) is 0 Å². The lowest BCUT2D eigenvalue weighted by Gasteiger charge is -2.15. The molecule has 0 aliphatic carbocycles. The van der Waals surface area contributed by atoms with Gasteiger partial charge in [-0.1, -0.05) is 0 Å². The van der Waals surface area contributed by atoms with Gasteiger partial charge in [0.1, 0.15) is 0 Å². The number of hydrogen-bond donors (Lipinski definition) is 0. The molecular formula is C23H22N2O6. The van der Waals surface area contributed by atoms with E-state index < -0.39 is 5.97 Å². The second-order valence-electron chi connectivity index (χ2n) is 6.96. The molecule has 2 aliphatic heterocycles. The van der Waals surface area contributed by atoms with Crippen LogP contribution < -0.4 is 19.1 Å². The highest BCUT2D eigenvalue weighted by Gasteiger charge is 2.26. The van der Waals surface area contributed by atoms with Gasteiger partial charge in [-0.25, -0.2) is 9.79 Å². The summed E-state index contributed by atoms with van der Waals surface area (Å²) in [7, 11) is 4.55. The van der Waals surface area contributed by atoms with Crippen LogP contribution in [0.3, 0.4) is 0 Å². The molecular weight excluding hydrogens is 400 g/mol. The van der Waals surface area contributed by atoms with Crippen molar-refractivity contribution in [3.8, 4) is 17.2 Å².